The van der Waals surface area contributed by atoms with E-state index >= 15 is 0 Å². The zero-order valence-corrected chi connectivity index (χ0v) is 11.9. The SMILES string of the molecule is CCCNC(=O)C(C)NC(=O)C(Br)C(C)C. The highest BCUT2D eigenvalue weighted by atomic mass is 79.9. The van der Waals surface area contributed by atoms with Crippen LogP contribution in [0, 0.1) is 5.92 Å². The molecule has 5 heteroatoms. The van der Waals surface area contributed by atoms with Gasteiger partial charge in [-0.3, -0.25) is 9.59 Å². The van der Waals surface area contributed by atoms with Crippen molar-refractivity contribution in [1.82, 2.24) is 10.6 Å². The van der Waals surface area contributed by atoms with Crippen molar-refractivity contribution in [2.75, 3.05) is 6.54 Å². The maximum Gasteiger partial charge on any atom is 0.242 e. The van der Waals surface area contributed by atoms with Gasteiger partial charge in [0.2, 0.25) is 11.8 Å². The van der Waals surface area contributed by atoms with Crippen LogP contribution < -0.4 is 10.6 Å². The van der Waals surface area contributed by atoms with Crippen molar-refractivity contribution in [1.29, 1.82) is 0 Å². The van der Waals surface area contributed by atoms with Crippen LogP contribution in [-0.4, -0.2) is 29.2 Å². The summed E-state index contributed by atoms with van der Waals surface area (Å²) in [6, 6.07) is -0.488. The minimum atomic E-state index is -0.488. The highest BCUT2D eigenvalue weighted by Gasteiger charge is 2.22. The van der Waals surface area contributed by atoms with E-state index in [1.165, 1.54) is 0 Å². The predicted molar refractivity (Wildman–Crippen MR) is 68.5 cm³/mol. The summed E-state index contributed by atoms with van der Waals surface area (Å²) in [5, 5.41) is 5.41. The molecule has 0 aromatic rings. The summed E-state index contributed by atoms with van der Waals surface area (Å²) < 4.78 is 0. The number of amides is 2. The molecule has 0 saturated heterocycles. The van der Waals surface area contributed by atoms with E-state index < -0.39 is 6.04 Å². The summed E-state index contributed by atoms with van der Waals surface area (Å²) >= 11 is 3.29. The van der Waals surface area contributed by atoms with Crippen molar-refractivity contribution >= 4 is 27.7 Å². The van der Waals surface area contributed by atoms with Gasteiger partial charge in [-0.2, -0.15) is 0 Å². The van der Waals surface area contributed by atoms with Gasteiger partial charge in [0.15, 0.2) is 0 Å². The first kappa shape index (κ1) is 15.4. The molecule has 2 N–H and O–H groups in total. The molecule has 2 atom stereocenters. The molecule has 0 aromatic heterocycles. The summed E-state index contributed by atoms with van der Waals surface area (Å²) in [5.74, 6) is -0.0845. The van der Waals surface area contributed by atoms with Crippen LogP contribution >= 0.6 is 15.9 Å². The van der Waals surface area contributed by atoms with Gasteiger partial charge in [-0.05, 0) is 19.3 Å². The minimum absolute atomic E-state index is 0.140. The van der Waals surface area contributed by atoms with Gasteiger partial charge in [0, 0.05) is 6.54 Å². The fourth-order valence-electron chi connectivity index (χ4n) is 1.06. The Morgan fingerprint density at radius 1 is 1.19 bits per heavy atom. The molecule has 0 aromatic carbocycles. The van der Waals surface area contributed by atoms with Crippen LogP contribution in [0.25, 0.3) is 0 Å². The van der Waals surface area contributed by atoms with E-state index in [1.54, 1.807) is 6.92 Å². The van der Waals surface area contributed by atoms with Gasteiger partial charge in [0.1, 0.15) is 6.04 Å². The number of carbonyl (C=O) groups excluding carboxylic acids is 2. The second-order valence-electron chi connectivity index (χ2n) is 4.17. The molecule has 0 spiro atoms. The molecular weight excluding hydrogens is 272 g/mol. The Bertz CT molecular complexity index is 244. The van der Waals surface area contributed by atoms with Crippen molar-refractivity contribution < 1.29 is 9.59 Å². The summed E-state index contributed by atoms with van der Waals surface area (Å²) in [6.45, 7) is 8.20. The van der Waals surface area contributed by atoms with E-state index in [9.17, 15) is 9.59 Å². The molecule has 0 saturated carbocycles. The van der Waals surface area contributed by atoms with E-state index in [4.69, 9.17) is 0 Å². The second-order valence-corrected chi connectivity index (χ2v) is 5.15. The molecule has 0 aliphatic rings. The fraction of sp³-hybridized carbons (Fsp3) is 0.818. The van der Waals surface area contributed by atoms with Crippen LogP contribution in [0.4, 0.5) is 0 Å². The zero-order chi connectivity index (χ0) is 12.7. The number of alkyl halides is 1. The normalized spacial score (nSPS) is 14.4. The molecule has 0 aliphatic carbocycles. The number of halogens is 1. The lowest BCUT2D eigenvalue weighted by Gasteiger charge is -2.18. The van der Waals surface area contributed by atoms with Gasteiger partial charge < -0.3 is 10.6 Å². The van der Waals surface area contributed by atoms with Gasteiger partial charge >= 0.3 is 0 Å². The van der Waals surface area contributed by atoms with Gasteiger partial charge in [0.05, 0.1) is 4.83 Å². The van der Waals surface area contributed by atoms with E-state index in [1.807, 2.05) is 20.8 Å². The highest BCUT2D eigenvalue weighted by Crippen LogP contribution is 2.11. The summed E-state index contributed by atoms with van der Waals surface area (Å²) in [4.78, 5) is 22.9. The number of rotatable bonds is 6. The standard InChI is InChI=1S/C11H21BrN2O2/c1-5-6-13-10(15)8(4)14-11(16)9(12)7(2)3/h7-9H,5-6H2,1-4H3,(H,13,15)(H,14,16). The Morgan fingerprint density at radius 3 is 2.19 bits per heavy atom. The fourth-order valence-corrected chi connectivity index (χ4v) is 1.19. The third-order valence-corrected chi connectivity index (χ3v) is 3.61. The van der Waals surface area contributed by atoms with Crippen molar-refractivity contribution in [2.45, 2.75) is 45.0 Å². The number of nitrogens with one attached hydrogen (secondary N) is 2. The monoisotopic (exact) mass is 292 g/mol. The van der Waals surface area contributed by atoms with Crippen molar-refractivity contribution in [3.05, 3.63) is 0 Å². The molecule has 0 fully saturated rings. The van der Waals surface area contributed by atoms with Crippen LogP contribution in [-0.2, 0) is 9.59 Å². The molecule has 0 heterocycles. The van der Waals surface area contributed by atoms with Crippen LogP contribution in [0.2, 0.25) is 0 Å². The third kappa shape index (κ3) is 5.49. The smallest absolute Gasteiger partial charge is 0.242 e. The lowest BCUT2D eigenvalue weighted by atomic mass is 10.1. The van der Waals surface area contributed by atoms with Crippen LogP contribution in [0.5, 0.6) is 0 Å². The first-order valence-corrected chi connectivity index (χ1v) is 6.53. The average Bonchev–Trinajstić information content (AvgIpc) is 2.24. The van der Waals surface area contributed by atoms with Crippen LogP contribution in [0.15, 0.2) is 0 Å². The topological polar surface area (TPSA) is 58.2 Å². The van der Waals surface area contributed by atoms with E-state index in [-0.39, 0.29) is 22.6 Å². The minimum Gasteiger partial charge on any atom is -0.354 e. The van der Waals surface area contributed by atoms with Crippen molar-refractivity contribution in [3.63, 3.8) is 0 Å². The first-order valence-electron chi connectivity index (χ1n) is 5.62. The van der Waals surface area contributed by atoms with Crippen LogP contribution in [0.1, 0.15) is 34.1 Å². The van der Waals surface area contributed by atoms with E-state index in [2.05, 4.69) is 26.6 Å². The van der Waals surface area contributed by atoms with Crippen molar-refractivity contribution in [2.24, 2.45) is 5.92 Å². The predicted octanol–water partition coefficient (Wildman–Crippen LogP) is 1.44. The quantitative estimate of drug-likeness (QED) is 0.728. The van der Waals surface area contributed by atoms with Gasteiger partial charge in [-0.1, -0.05) is 36.7 Å². The molecular formula is C11H21BrN2O2. The highest BCUT2D eigenvalue weighted by molar-refractivity contribution is 9.10. The first-order chi connectivity index (χ1) is 7.40. The molecule has 0 aliphatic heterocycles. The molecule has 2 amide bonds. The second kappa shape index (κ2) is 7.65. The molecule has 4 nitrogen and oxygen atoms in total. The third-order valence-electron chi connectivity index (χ3n) is 2.14. The van der Waals surface area contributed by atoms with Gasteiger partial charge in [-0.15, -0.1) is 0 Å². The Kier molecular flexibility index (Phi) is 7.38. The Morgan fingerprint density at radius 2 is 1.75 bits per heavy atom. The van der Waals surface area contributed by atoms with Gasteiger partial charge in [-0.25, -0.2) is 0 Å². The Labute approximate surface area is 106 Å². The van der Waals surface area contributed by atoms with Gasteiger partial charge in [0.25, 0.3) is 0 Å². The van der Waals surface area contributed by atoms with Crippen LogP contribution in [0.3, 0.4) is 0 Å². The molecule has 0 rings (SSSR count). The molecule has 16 heavy (non-hydrogen) atoms. The number of hydrogen-bond acceptors (Lipinski definition) is 2. The Balaban J connectivity index is 4.08. The summed E-state index contributed by atoms with van der Waals surface area (Å²) in [6.07, 6.45) is 0.888. The maximum atomic E-state index is 11.6. The largest absolute Gasteiger partial charge is 0.354 e. The summed E-state index contributed by atoms with van der Waals surface area (Å²) in [7, 11) is 0. The van der Waals surface area contributed by atoms with E-state index in [0.29, 0.717) is 6.54 Å². The lowest BCUT2D eigenvalue weighted by molar-refractivity contribution is -0.128. The maximum absolute atomic E-state index is 11.6. The molecule has 0 radical (unpaired) electrons. The Hall–Kier alpha value is -0.580. The van der Waals surface area contributed by atoms with E-state index in [0.717, 1.165) is 6.42 Å². The molecule has 0 bridgehead atoms. The lowest BCUT2D eigenvalue weighted by Crippen LogP contribution is -2.47. The number of carbonyl (C=O) groups is 2. The van der Waals surface area contributed by atoms with Crippen molar-refractivity contribution in [3.8, 4) is 0 Å². The average molecular weight is 293 g/mol. The molecule has 2 unspecified atom stereocenters. The number of hydrogen-bond donors (Lipinski definition) is 2. The summed E-state index contributed by atoms with van der Waals surface area (Å²) in [5.41, 5.74) is 0. The zero-order valence-electron chi connectivity index (χ0n) is 10.3. The molecule has 94 valence electrons.